The van der Waals surface area contributed by atoms with Crippen LogP contribution in [-0.2, 0) is 4.43 Å². The molecule has 0 radical (unpaired) electrons. The van der Waals surface area contributed by atoms with Crippen molar-refractivity contribution in [3.8, 4) is 9.97 Å². The molecule has 0 amide bonds. The lowest BCUT2D eigenvalue weighted by Gasteiger charge is -2.36. The van der Waals surface area contributed by atoms with E-state index < -0.39 is 8.32 Å². The van der Waals surface area contributed by atoms with Crippen LogP contribution in [0.15, 0.2) is 0 Å². The molecule has 0 rings (SSSR count). The van der Waals surface area contributed by atoms with E-state index in [-0.39, 0.29) is 18.2 Å². The number of halogens is 1. The summed E-state index contributed by atoms with van der Waals surface area (Å²) in [7, 11) is -1.51. The number of rotatable bonds is 7. The first-order valence-corrected chi connectivity index (χ1v) is 14.5. The Balaban J connectivity index is 3.52. The van der Waals surface area contributed by atoms with Crippen LogP contribution in [-0.4, -0.2) is 33.1 Å². The number of hydrogen-bond donors (Lipinski definition) is 0. The van der Waals surface area contributed by atoms with Crippen LogP contribution in [0.3, 0.4) is 0 Å². The molecule has 0 atom stereocenters. The second kappa shape index (κ2) is 9.82. The SMILES string of the molecule is CC(C)(C)[Si](C)(C)OCCCCCCC#[C][Mg][Br]. The van der Waals surface area contributed by atoms with E-state index in [4.69, 9.17) is 4.43 Å². The Kier molecular flexibility index (Phi) is 10.4. The Labute approximate surface area is 131 Å². The van der Waals surface area contributed by atoms with E-state index in [2.05, 4.69) is 56.7 Å². The summed E-state index contributed by atoms with van der Waals surface area (Å²) in [5, 5.41) is 0.335. The quantitative estimate of drug-likeness (QED) is 0.362. The van der Waals surface area contributed by atoms with Gasteiger partial charge in [0.2, 0.25) is 0 Å². The molecule has 1 nitrogen and oxygen atoms in total. The molecule has 0 aromatic heterocycles. The lowest BCUT2D eigenvalue weighted by Crippen LogP contribution is -2.40. The molecule has 0 aliphatic carbocycles. The van der Waals surface area contributed by atoms with E-state index in [0.29, 0.717) is 5.04 Å². The third-order valence-electron chi connectivity index (χ3n) is 3.66. The summed E-state index contributed by atoms with van der Waals surface area (Å²) in [6.07, 6.45) is 6.09. The maximum Gasteiger partial charge on any atom is 0.569 e. The van der Waals surface area contributed by atoms with Gasteiger partial charge in [0, 0.05) is 13.0 Å². The molecule has 0 spiro atoms. The molecule has 0 fully saturated rings. The number of hydrogen-bond acceptors (Lipinski definition) is 1. The molecule has 0 bridgehead atoms. The first-order chi connectivity index (χ1) is 8.31. The van der Waals surface area contributed by atoms with Crippen molar-refractivity contribution in [2.45, 2.75) is 71.0 Å². The van der Waals surface area contributed by atoms with Crippen LogP contribution >= 0.6 is 12.9 Å². The molecule has 0 saturated heterocycles. The van der Waals surface area contributed by atoms with E-state index in [1.807, 2.05) is 0 Å². The van der Waals surface area contributed by atoms with Gasteiger partial charge < -0.3 is 4.43 Å². The summed E-state index contributed by atoms with van der Waals surface area (Å²) in [6, 6.07) is 0. The highest BCUT2D eigenvalue weighted by molar-refractivity contribution is 9.23. The normalized spacial score (nSPS) is 11.7. The number of unbranched alkanes of at least 4 members (excludes halogenated alkanes) is 4. The Morgan fingerprint density at radius 2 is 1.72 bits per heavy atom. The first-order valence-electron chi connectivity index (χ1n) is 6.97. The second-order valence-electron chi connectivity index (χ2n) is 6.26. The minimum atomic E-state index is -1.51. The summed E-state index contributed by atoms with van der Waals surface area (Å²) in [5.41, 5.74) is 0. The summed E-state index contributed by atoms with van der Waals surface area (Å²) in [5.74, 6) is 3.21. The fourth-order valence-electron chi connectivity index (χ4n) is 1.35. The zero-order valence-electron chi connectivity index (χ0n) is 12.7. The van der Waals surface area contributed by atoms with Crippen molar-refractivity contribution in [1.29, 1.82) is 0 Å². The van der Waals surface area contributed by atoms with E-state index in [1.54, 1.807) is 0 Å². The molecule has 18 heavy (non-hydrogen) atoms. The standard InChI is InChI=1S/C14H27OSi.BrH.Mg/c1-7-8-9-10-11-12-13-15-16(5,6)14(2,3)4;;/h8-13H2,2-6H3;1H;/q;;+1/p-1. The van der Waals surface area contributed by atoms with Gasteiger partial charge in [-0.05, 0) is 31.0 Å². The van der Waals surface area contributed by atoms with Crippen molar-refractivity contribution in [3.63, 3.8) is 0 Å². The molecule has 0 heterocycles. The van der Waals surface area contributed by atoms with Crippen molar-refractivity contribution in [3.05, 3.63) is 0 Å². The predicted molar refractivity (Wildman–Crippen MR) is 88.7 cm³/mol. The Morgan fingerprint density at radius 1 is 1.11 bits per heavy atom. The molecular formula is C14H27BrMgOSi. The molecule has 0 unspecified atom stereocenters. The third-order valence-corrected chi connectivity index (χ3v) is 9.42. The molecule has 0 aliphatic heterocycles. The predicted octanol–water partition coefficient (Wildman–Crippen LogP) is 4.93. The molecule has 0 aromatic carbocycles. The van der Waals surface area contributed by atoms with Crippen molar-refractivity contribution < 1.29 is 4.43 Å². The Morgan fingerprint density at radius 3 is 2.28 bits per heavy atom. The molecule has 0 aliphatic rings. The van der Waals surface area contributed by atoms with E-state index >= 15 is 0 Å². The zero-order chi connectivity index (χ0) is 14.1. The minimum Gasteiger partial charge on any atom is -0.417 e. The summed E-state index contributed by atoms with van der Waals surface area (Å²) in [6.45, 7) is 12.5. The largest absolute Gasteiger partial charge is 0.569 e. The minimum absolute atomic E-state index is 0.227. The average molecular weight is 344 g/mol. The molecule has 0 N–H and O–H groups in total. The summed E-state index contributed by atoms with van der Waals surface area (Å²) in [4.78, 5) is 0. The topological polar surface area (TPSA) is 9.23 Å². The first kappa shape index (κ1) is 19.0. The van der Waals surface area contributed by atoms with Crippen molar-refractivity contribution >= 4 is 39.4 Å². The molecular weight excluding hydrogens is 316 g/mol. The fourth-order valence-corrected chi connectivity index (χ4v) is 3.30. The highest BCUT2D eigenvalue weighted by Crippen LogP contribution is 2.36. The maximum atomic E-state index is 6.15. The van der Waals surface area contributed by atoms with Gasteiger partial charge in [-0.3, -0.25) is 16.9 Å². The van der Waals surface area contributed by atoms with Gasteiger partial charge >= 0.3 is 18.2 Å². The van der Waals surface area contributed by atoms with Gasteiger partial charge in [-0.1, -0.05) is 33.6 Å². The second-order valence-corrected chi connectivity index (χ2v) is 13.4. The molecule has 0 aromatic rings. The highest BCUT2D eigenvalue weighted by Gasteiger charge is 2.36. The van der Waals surface area contributed by atoms with Gasteiger partial charge in [-0.25, -0.2) is 0 Å². The van der Waals surface area contributed by atoms with E-state index in [1.165, 1.54) is 25.7 Å². The lowest BCUT2D eigenvalue weighted by atomic mass is 10.1. The summed E-state index contributed by atoms with van der Waals surface area (Å²) < 4.78 is 9.32. The van der Waals surface area contributed by atoms with Crippen LogP contribution < -0.4 is 0 Å². The summed E-state index contributed by atoms with van der Waals surface area (Å²) >= 11 is 3.21. The van der Waals surface area contributed by atoms with Crippen molar-refractivity contribution in [2.24, 2.45) is 0 Å². The van der Waals surface area contributed by atoms with Crippen LogP contribution in [0.4, 0.5) is 0 Å². The van der Waals surface area contributed by atoms with Crippen LogP contribution in [0.25, 0.3) is 0 Å². The van der Waals surface area contributed by atoms with E-state index in [9.17, 15) is 0 Å². The van der Waals surface area contributed by atoms with Crippen LogP contribution in [0.2, 0.25) is 18.1 Å². The molecule has 102 valence electrons. The van der Waals surface area contributed by atoms with Gasteiger partial charge in [-0.15, -0.1) is 5.92 Å². The van der Waals surface area contributed by atoms with Gasteiger partial charge in [0.15, 0.2) is 8.32 Å². The fraction of sp³-hybridized carbons (Fsp3) is 0.857. The van der Waals surface area contributed by atoms with Gasteiger partial charge in [-0.2, -0.15) is 0 Å². The monoisotopic (exact) mass is 342 g/mol. The van der Waals surface area contributed by atoms with Crippen molar-refractivity contribution in [1.82, 2.24) is 0 Å². The van der Waals surface area contributed by atoms with Gasteiger partial charge in [0.25, 0.3) is 0 Å². The van der Waals surface area contributed by atoms with Gasteiger partial charge in [0.1, 0.15) is 0 Å². The Hall–Kier alpha value is 0.983. The van der Waals surface area contributed by atoms with Crippen LogP contribution in [0, 0.1) is 9.97 Å². The zero-order valence-corrected chi connectivity index (χ0v) is 16.7. The van der Waals surface area contributed by atoms with Crippen LogP contribution in [0.1, 0.15) is 52.9 Å². The van der Waals surface area contributed by atoms with Crippen molar-refractivity contribution in [2.75, 3.05) is 6.61 Å². The lowest BCUT2D eigenvalue weighted by molar-refractivity contribution is 0.277. The smallest absolute Gasteiger partial charge is 0.417 e. The average Bonchev–Trinajstić information content (AvgIpc) is 2.25. The highest BCUT2D eigenvalue weighted by atomic mass is 79.9. The van der Waals surface area contributed by atoms with E-state index in [0.717, 1.165) is 13.0 Å². The Bertz CT molecular complexity index is 276. The van der Waals surface area contributed by atoms with Crippen LogP contribution in [0.5, 0.6) is 0 Å². The maximum absolute atomic E-state index is 6.15. The van der Waals surface area contributed by atoms with Gasteiger partial charge in [0.05, 0.1) is 0 Å². The molecule has 4 heteroatoms. The third kappa shape index (κ3) is 8.98. The molecule has 0 saturated carbocycles.